The van der Waals surface area contributed by atoms with Crippen molar-refractivity contribution in [2.75, 3.05) is 20.3 Å². The molecule has 4 heteroatoms. The number of aliphatic hydroxyl groups excluding tert-OH is 1. The van der Waals surface area contributed by atoms with Gasteiger partial charge in [0.25, 0.3) is 0 Å². The van der Waals surface area contributed by atoms with Gasteiger partial charge in [-0.05, 0) is 37.6 Å². The summed E-state index contributed by atoms with van der Waals surface area (Å²) in [7, 11) is 1.43. The lowest BCUT2D eigenvalue weighted by molar-refractivity contribution is -0.143. The van der Waals surface area contributed by atoms with Crippen LogP contribution in [0.5, 0.6) is 0 Å². The lowest BCUT2D eigenvalue weighted by atomic mass is 10.1. The summed E-state index contributed by atoms with van der Waals surface area (Å²) >= 11 is 0. The van der Waals surface area contributed by atoms with Crippen molar-refractivity contribution in [3.05, 3.63) is 0 Å². The fourth-order valence-corrected chi connectivity index (χ4v) is 1.65. The monoisotopic (exact) mass is 215 g/mol. The van der Waals surface area contributed by atoms with Crippen molar-refractivity contribution >= 4 is 5.97 Å². The highest BCUT2D eigenvalue weighted by Gasteiger charge is 2.36. The highest BCUT2D eigenvalue weighted by atomic mass is 16.5. The molecule has 0 spiro atoms. The van der Waals surface area contributed by atoms with Gasteiger partial charge in [-0.1, -0.05) is 6.92 Å². The van der Waals surface area contributed by atoms with Crippen molar-refractivity contribution in [1.82, 2.24) is 5.32 Å². The second kappa shape index (κ2) is 6.08. The molecule has 0 bridgehead atoms. The Balaban J connectivity index is 2.28. The van der Waals surface area contributed by atoms with Gasteiger partial charge in [0.15, 0.2) is 0 Å². The molecule has 1 rings (SSSR count). The average molecular weight is 215 g/mol. The standard InChI is InChI=1S/C11H21NO3/c1-8(5-6-13)7-12-10(9-3-4-9)11(14)15-2/h8-10,12-13H,3-7H2,1-2H3. The summed E-state index contributed by atoms with van der Waals surface area (Å²) in [6.07, 6.45) is 2.99. The first-order valence-electron chi connectivity index (χ1n) is 5.61. The molecule has 1 aliphatic carbocycles. The summed E-state index contributed by atoms with van der Waals surface area (Å²) in [5, 5.41) is 12.0. The molecule has 0 aromatic carbocycles. The molecule has 1 saturated carbocycles. The zero-order valence-corrected chi connectivity index (χ0v) is 9.53. The number of carbonyl (C=O) groups excluding carboxylic acids is 1. The first kappa shape index (κ1) is 12.5. The molecule has 0 radical (unpaired) electrons. The van der Waals surface area contributed by atoms with Crippen LogP contribution in [0.15, 0.2) is 0 Å². The third-order valence-corrected chi connectivity index (χ3v) is 2.86. The largest absolute Gasteiger partial charge is 0.468 e. The van der Waals surface area contributed by atoms with Crippen molar-refractivity contribution < 1.29 is 14.6 Å². The van der Waals surface area contributed by atoms with E-state index in [9.17, 15) is 4.79 Å². The molecule has 88 valence electrons. The number of hydrogen-bond acceptors (Lipinski definition) is 4. The minimum Gasteiger partial charge on any atom is -0.468 e. The van der Waals surface area contributed by atoms with Crippen LogP contribution in [-0.4, -0.2) is 37.4 Å². The maximum absolute atomic E-state index is 11.4. The van der Waals surface area contributed by atoms with Crippen LogP contribution in [0.1, 0.15) is 26.2 Å². The van der Waals surface area contributed by atoms with Crippen molar-refractivity contribution in [3.8, 4) is 0 Å². The van der Waals surface area contributed by atoms with E-state index in [-0.39, 0.29) is 18.6 Å². The van der Waals surface area contributed by atoms with E-state index in [2.05, 4.69) is 12.2 Å². The summed E-state index contributed by atoms with van der Waals surface area (Å²) in [5.74, 6) is 0.688. The molecule has 2 N–H and O–H groups in total. The number of hydrogen-bond donors (Lipinski definition) is 2. The number of rotatable bonds is 7. The van der Waals surface area contributed by atoms with Crippen molar-refractivity contribution in [1.29, 1.82) is 0 Å². The Kier molecular flexibility index (Phi) is 5.05. The van der Waals surface area contributed by atoms with Crippen molar-refractivity contribution in [3.63, 3.8) is 0 Å². The lowest BCUT2D eigenvalue weighted by Crippen LogP contribution is -2.41. The van der Waals surface area contributed by atoms with E-state index >= 15 is 0 Å². The van der Waals surface area contributed by atoms with Crippen LogP contribution >= 0.6 is 0 Å². The van der Waals surface area contributed by atoms with Crippen LogP contribution in [0.4, 0.5) is 0 Å². The van der Waals surface area contributed by atoms with Crippen LogP contribution in [0.25, 0.3) is 0 Å². The van der Waals surface area contributed by atoms with Gasteiger partial charge >= 0.3 is 5.97 Å². The minimum absolute atomic E-state index is 0.142. The number of esters is 1. The van der Waals surface area contributed by atoms with Crippen LogP contribution < -0.4 is 5.32 Å². The number of ether oxygens (including phenoxy) is 1. The van der Waals surface area contributed by atoms with Gasteiger partial charge in [0.1, 0.15) is 6.04 Å². The fraction of sp³-hybridized carbons (Fsp3) is 0.909. The van der Waals surface area contributed by atoms with Crippen LogP contribution in [0.3, 0.4) is 0 Å². The predicted molar refractivity (Wildman–Crippen MR) is 57.4 cm³/mol. The molecule has 2 atom stereocenters. The average Bonchev–Trinajstić information content (AvgIpc) is 3.02. The maximum atomic E-state index is 11.4. The molecule has 0 aliphatic heterocycles. The Hall–Kier alpha value is -0.610. The van der Waals surface area contributed by atoms with E-state index in [1.807, 2.05) is 0 Å². The Labute approximate surface area is 91.0 Å². The van der Waals surface area contributed by atoms with E-state index in [1.54, 1.807) is 0 Å². The molecule has 2 unspecified atom stereocenters. The van der Waals surface area contributed by atoms with Gasteiger partial charge in [0.05, 0.1) is 7.11 Å². The number of carbonyl (C=O) groups is 1. The zero-order valence-electron chi connectivity index (χ0n) is 9.53. The van der Waals surface area contributed by atoms with E-state index in [4.69, 9.17) is 9.84 Å². The predicted octanol–water partition coefficient (Wildman–Crippen LogP) is 0.546. The first-order chi connectivity index (χ1) is 7.19. The Morgan fingerprint density at radius 3 is 2.73 bits per heavy atom. The molecule has 0 aromatic heterocycles. The van der Waals surface area contributed by atoms with E-state index in [1.165, 1.54) is 7.11 Å². The summed E-state index contributed by atoms with van der Waals surface area (Å²) in [4.78, 5) is 11.4. The van der Waals surface area contributed by atoms with E-state index in [0.717, 1.165) is 25.8 Å². The maximum Gasteiger partial charge on any atom is 0.323 e. The Morgan fingerprint density at radius 2 is 2.27 bits per heavy atom. The topological polar surface area (TPSA) is 58.6 Å². The molecule has 0 saturated heterocycles. The summed E-state index contributed by atoms with van der Waals surface area (Å²) < 4.78 is 4.76. The van der Waals surface area contributed by atoms with E-state index in [0.29, 0.717) is 11.8 Å². The number of methoxy groups -OCH3 is 1. The third kappa shape index (κ3) is 4.18. The highest BCUT2D eigenvalue weighted by Crippen LogP contribution is 2.33. The van der Waals surface area contributed by atoms with Gasteiger partial charge < -0.3 is 15.2 Å². The van der Waals surface area contributed by atoms with E-state index < -0.39 is 0 Å². The normalized spacial score (nSPS) is 19.7. The second-order valence-electron chi connectivity index (χ2n) is 4.36. The molecule has 0 aromatic rings. The smallest absolute Gasteiger partial charge is 0.323 e. The molecular weight excluding hydrogens is 194 g/mol. The highest BCUT2D eigenvalue weighted by molar-refractivity contribution is 5.76. The Morgan fingerprint density at radius 1 is 1.60 bits per heavy atom. The SMILES string of the molecule is COC(=O)C(NCC(C)CCO)C1CC1. The van der Waals surface area contributed by atoms with Gasteiger partial charge in [-0.25, -0.2) is 0 Å². The summed E-state index contributed by atoms with van der Waals surface area (Å²) in [5.41, 5.74) is 0. The van der Waals surface area contributed by atoms with Crippen LogP contribution in [0.2, 0.25) is 0 Å². The fourth-order valence-electron chi connectivity index (χ4n) is 1.65. The molecule has 0 amide bonds. The summed E-state index contributed by atoms with van der Waals surface area (Å²) in [6, 6.07) is -0.142. The lowest BCUT2D eigenvalue weighted by Gasteiger charge is -2.18. The van der Waals surface area contributed by atoms with Crippen LogP contribution in [0, 0.1) is 11.8 Å². The molecule has 0 heterocycles. The van der Waals surface area contributed by atoms with Crippen LogP contribution in [-0.2, 0) is 9.53 Å². The molecule has 15 heavy (non-hydrogen) atoms. The van der Waals surface area contributed by atoms with Gasteiger partial charge in [-0.15, -0.1) is 0 Å². The molecular formula is C11H21NO3. The molecule has 4 nitrogen and oxygen atoms in total. The second-order valence-corrected chi connectivity index (χ2v) is 4.36. The quantitative estimate of drug-likeness (QED) is 0.609. The third-order valence-electron chi connectivity index (χ3n) is 2.86. The van der Waals surface area contributed by atoms with Crippen molar-refractivity contribution in [2.45, 2.75) is 32.2 Å². The summed E-state index contributed by atoms with van der Waals surface area (Å²) in [6.45, 7) is 3.02. The van der Waals surface area contributed by atoms with Gasteiger partial charge in [0, 0.05) is 6.61 Å². The van der Waals surface area contributed by atoms with Crippen molar-refractivity contribution in [2.24, 2.45) is 11.8 Å². The van der Waals surface area contributed by atoms with Gasteiger partial charge in [-0.2, -0.15) is 0 Å². The Bertz CT molecular complexity index is 204. The molecule has 1 fully saturated rings. The van der Waals surface area contributed by atoms with Gasteiger partial charge in [-0.3, -0.25) is 4.79 Å². The van der Waals surface area contributed by atoms with Gasteiger partial charge in [0.2, 0.25) is 0 Å². The first-order valence-corrected chi connectivity index (χ1v) is 5.61. The number of nitrogens with one attached hydrogen (secondary N) is 1. The minimum atomic E-state index is -0.159. The number of aliphatic hydroxyl groups is 1. The zero-order chi connectivity index (χ0) is 11.3. The molecule has 1 aliphatic rings.